The lowest BCUT2D eigenvalue weighted by atomic mass is 9.78. The first kappa shape index (κ1) is 50.0. The molecule has 0 aliphatic carbocycles. The van der Waals surface area contributed by atoms with Crippen LogP contribution >= 0.6 is 0 Å². The maximum Gasteiger partial charge on any atom is 0.415 e. The fraction of sp³-hybridized carbons (Fsp3) is 0.551. The zero-order valence-electron chi connectivity index (χ0n) is 40.9. The molecule has 3 aromatic rings. The number of aromatic hydroxyl groups is 2. The van der Waals surface area contributed by atoms with Crippen molar-refractivity contribution in [2.24, 2.45) is 33.7 Å². The summed E-state index contributed by atoms with van der Waals surface area (Å²) in [5.74, 6) is -7.72. The minimum absolute atomic E-state index is 0.0126. The van der Waals surface area contributed by atoms with Crippen molar-refractivity contribution in [3.8, 4) is 23.3 Å². The van der Waals surface area contributed by atoms with Gasteiger partial charge >= 0.3 is 23.6 Å². The van der Waals surface area contributed by atoms with Gasteiger partial charge in [0.2, 0.25) is 0 Å². The molecule has 1 unspecified atom stereocenters. The lowest BCUT2D eigenvalue weighted by molar-refractivity contribution is -0.389. The monoisotopic (exact) mass is 971 g/mol. The lowest BCUT2D eigenvalue weighted by Crippen LogP contribution is -2.50. The van der Waals surface area contributed by atoms with Gasteiger partial charge in [-0.3, -0.25) is 33.8 Å². The summed E-state index contributed by atoms with van der Waals surface area (Å²) >= 11 is 0. The fourth-order valence-corrected chi connectivity index (χ4v) is 10.5. The van der Waals surface area contributed by atoms with E-state index in [4.69, 9.17) is 33.7 Å². The summed E-state index contributed by atoms with van der Waals surface area (Å²) in [7, 11) is 1.45. The number of carbonyl (C=O) groups excluding carboxylic acids is 3. The number of amides is 1. The van der Waals surface area contributed by atoms with Gasteiger partial charge in [0.1, 0.15) is 40.4 Å². The van der Waals surface area contributed by atoms with E-state index >= 15 is 0 Å². The number of ketones is 1. The third-order valence-electron chi connectivity index (χ3n) is 14.6. The summed E-state index contributed by atoms with van der Waals surface area (Å²) in [6, 6.07) is 0.167. The fourth-order valence-electron chi connectivity index (χ4n) is 10.5. The predicted octanol–water partition coefficient (Wildman–Crippen LogP) is 4.05. The number of nitrogens with one attached hydrogen (secondary N) is 1. The number of fused-ring (bicyclic) bond motifs is 2. The quantitative estimate of drug-likeness (QED) is 0.104. The van der Waals surface area contributed by atoms with E-state index in [0.717, 1.165) is 0 Å². The minimum atomic E-state index is -2.02. The van der Waals surface area contributed by atoms with Gasteiger partial charge in [0.05, 0.1) is 47.4 Å². The number of nitrogens with zero attached hydrogens (tertiary/aromatic N) is 6. The van der Waals surface area contributed by atoms with Gasteiger partial charge in [-0.15, -0.1) is 0 Å². The molecule has 5 aliphatic heterocycles. The van der Waals surface area contributed by atoms with E-state index in [1.165, 1.54) is 52.5 Å². The number of hydrogen-bond donors (Lipinski definition) is 5. The number of piperidine rings is 1. The number of anilines is 1. The second-order valence-electron chi connectivity index (χ2n) is 19.9. The van der Waals surface area contributed by atoms with Crippen LogP contribution in [-0.4, -0.2) is 126 Å². The van der Waals surface area contributed by atoms with Gasteiger partial charge in [0, 0.05) is 98.6 Å². The van der Waals surface area contributed by atoms with Gasteiger partial charge in [-0.05, 0) is 31.8 Å². The summed E-state index contributed by atoms with van der Waals surface area (Å²) in [6.45, 7) is 16.3. The van der Waals surface area contributed by atoms with Crippen LogP contribution in [0.4, 0.5) is 11.5 Å². The highest BCUT2D eigenvalue weighted by Gasteiger charge is 2.51. The Bertz CT molecular complexity index is 2860. The van der Waals surface area contributed by atoms with E-state index in [9.17, 15) is 44.9 Å². The molecule has 1 amide bonds. The molecular formula is C49H61N7O14. The molecule has 5 N–H and O–H groups in total. The number of phenols is 2. The van der Waals surface area contributed by atoms with Crippen molar-refractivity contribution >= 4 is 39.9 Å². The number of allylic oxidation sites excluding steroid dienone is 2. The SMILES string of the molecule is CO[C@H]1/C=C/O[C@@]2(C)Oc3c(C)c(O)c4c(O)c(c5c(c4c3C2=O)=NC2(CCN(CC3(C)Cn4cc([N+](=O)[O-])nc4O3)CC2)N=5)NC(=O)/C(C)=C\C=C\[C@H](C)[C@H](O)[C@@H](C)[C@@H](O)[C@@H](C)[C@H](OC(C)=O)[C@@H]1C. The number of benzene rings is 2. The minimum Gasteiger partial charge on any atom is -0.507 e. The normalized spacial score (nSPS) is 32.7. The maximum atomic E-state index is 14.9. The van der Waals surface area contributed by atoms with Crippen LogP contribution in [0, 0.1) is 40.7 Å². The Kier molecular flexibility index (Phi) is 13.1. The molecule has 1 fully saturated rings. The van der Waals surface area contributed by atoms with Crippen molar-refractivity contribution < 1.29 is 63.4 Å². The number of aliphatic hydroxyl groups excluding tert-OH is 2. The highest BCUT2D eigenvalue weighted by molar-refractivity contribution is 6.19. The number of Topliss-reactive ketones (excluding diaryl/α,β-unsaturated/α-hetero) is 1. The molecule has 6 heterocycles. The molecule has 21 heteroatoms. The highest BCUT2D eigenvalue weighted by Crippen LogP contribution is 2.50. The number of ether oxygens (including phenoxy) is 5. The Labute approximate surface area is 403 Å². The molecule has 2 aromatic carbocycles. The number of carbonyl (C=O) groups is 3. The summed E-state index contributed by atoms with van der Waals surface area (Å²) < 4.78 is 31.8. The van der Waals surface area contributed by atoms with Crippen LogP contribution < -0.4 is 25.5 Å². The molecule has 1 aromatic heterocycles. The Morgan fingerprint density at radius 1 is 0.971 bits per heavy atom. The predicted molar refractivity (Wildman–Crippen MR) is 251 cm³/mol. The van der Waals surface area contributed by atoms with E-state index in [-0.39, 0.29) is 61.5 Å². The second kappa shape index (κ2) is 18.4. The number of imidazole rings is 1. The summed E-state index contributed by atoms with van der Waals surface area (Å²) in [5.41, 5.74) is -1.73. The van der Waals surface area contributed by atoms with Crippen molar-refractivity contribution in [2.45, 2.75) is 123 Å². The van der Waals surface area contributed by atoms with Crippen LogP contribution in [0.1, 0.15) is 84.2 Å². The first-order chi connectivity index (χ1) is 32.9. The van der Waals surface area contributed by atoms with E-state index in [2.05, 4.69) is 15.2 Å². The molecule has 1 spiro atoms. The number of esters is 1. The van der Waals surface area contributed by atoms with Crippen LogP contribution in [0.5, 0.6) is 23.3 Å². The largest absolute Gasteiger partial charge is 0.507 e. The number of nitro groups is 1. The standard InChI is InChI=1S/C49H61N7O14/c1-23-12-11-13-24(2)45(63)51-37-36-35(52-49(53-36)15-17-54(18-16-49)21-47(8)22-55-20-31(56(64)65)50-46(55)70-47)32-33(41(37)61)40(60)28(6)43-34(32)44(62)48(9,69-43)67-19-14-30(66-10)25(3)42(68-29(7)57)27(5)39(59)26(4)38(23)58/h11-14,19-20,23,25-27,30,38-39,42,58-61H,15-18,21-22H2,1-10H3,(H,51,63)/b12-11+,19-14+,24-13-/t23-,25+,26+,27+,30-,38-,39+,42+,47?,48-/m0/s1. The third kappa shape index (κ3) is 8.76. The van der Waals surface area contributed by atoms with Crippen molar-refractivity contribution in [2.75, 3.05) is 32.1 Å². The van der Waals surface area contributed by atoms with E-state index in [1.807, 2.05) is 6.92 Å². The van der Waals surface area contributed by atoms with Gasteiger partial charge in [-0.25, -0.2) is 0 Å². The topological polar surface area (TPSA) is 279 Å². The number of hydrogen-bond acceptors (Lipinski definition) is 18. The average molecular weight is 972 g/mol. The Morgan fingerprint density at radius 3 is 2.30 bits per heavy atom. The van der Waals surface area contributed by atoms with Crippen LogP contribution in [0.15, 0.2) is 52.3 Å². The number of phenolic OH excluding ortho intramolecular Hbond substituents is 2. The van der Waals surface area contributed by atoms with E-state index in [1.54, 1.807) is 51.3 Å². The van der Waals surface area contributed by atoms with Crippen molar-refractivity contribution in [1.29, 1.82) is 0 Å². The molecule has 1 saturated heterocycles. The number of aromatic nitrogens is 2. The molecule has 4 bridgehead atoms. The number of methoxy groups -OCH3 is 1. The Hall–Kier alpha value is -6.42. The van der Waals surface area contributed by atoms with E-state index in [0.29, 0.717) is 39.0 Å². The molecular weight excluding hydrogens is 911 g/mol. The van der Waals surface area contributed by atoms with Crippen LogP contribution in [-0.2, 0) is 30.3 Å². The first-order valence-corrected chi connectivity index (χ1v) is 23.4. The number of rotatable bonds is 5. The van der Waals surface area contributed by atoms with Crippen LogP contribution in [0.3, 0.4) is 0 Å². The number of likely N-dealkylation sites (tertiary alicyclic amines) is 1. The highest BCUT2D eigenvalue weighted by atomic mass is 16.7. The second-order valence-corrected chi connectivity index (χ2v) is 19.9. The molecule has 376 valence electrons. The summed E-state index contributed by atoms with van der Waals surface area (Å²) in [6.07, 6.45) is 5.73. The molecule has 0 radical (unpaired) electrons. The Balaban J connectivity index is 1.21. The van der Waals surface area contributed by atoms with Crippen LogP contribution in [0.25, 0.3) is 10.8 Å². The zero-order valence-corrected chi connectivity index (χ0v) is 40.9. The smallest absolute Gasteiger partial charge is 0.415 e. The molecule has 0 saturated carbocycles. The summed E-state index contributed by atoms with van der Waals surface area (Å²) in [5, 5.41) is 61.5. The molecule has 8 rings (SSSR count). The van der Waals surface area contributed by atoms with Gasteiger partial charge < -0.3 is 59.5 Å². The average Bonchev–Trinajstić information content (AvgIpc) is 4.04. The van der Waals surface area contributed by atoms with Gasteiger partial charge in [-0.1, -0.05) is 45.9 Å². The van der Waals surface area contributed by atoms with Crippen molar-refractivity contribution in [3.63, 3.8) is 0 Å². The number of aliphatic hydroxyl groups is 2. The van der Waals surface area contributed by atoms with Gasteiger partial charge in [0.15, 0.2) is 11.4 Å². The first-order valence-electron chi connectivity index (χ1n) is 23.4. The molecule has 21 nitrogen and oxygen atoms in total. The maximum absolute atomic E-state index is 14.9. The van der Waals surface area contributed by atoms with Crippen molar-refractivity contribution in [1.82, 2.24) is 14.5 Å². The van der Waals surface area contributed by atoms with Gasteiger partial charge in [-0.2, -0.15) is 0 Å². The summed E-state index contributed by atoms with van der Waals surface area (Å²) in [4.78, 5) is 68.6. The van der Waals surface area contributed by atoms with Gasteiger partial charge in [0.25, 0.3) is 11.7 Å². The third-order valence-corrected chi connectivity index (χ3v) is 14.6. The lowest BCUT2D eigenvalue weighted by Gasteiger charge is -2.38. The molecule has 5 aliphatic rings. The van der Waals surface area contributed by atoms with E-state index < -0.39 is 99.2 Å². The Morgan fingerprint density at radius 2 is 1.66 bits per heavy atom. The van der Waals surface area contributed by atoms with Crippen molar-refractivity contribution in [3.05, 3.63) is 74.3 Å². The van der Waals surface area contributed by atoms with Crippen LogP contribution in [0.2, 0.25) is 0 Å². The molecule has 10 atom stereocenters. The molecule has 70 heavy (non-hydrogen) atoms. The zero-order chi connectivity index (χ0) is 50.9.